The number of fused-ring (bicyclic) bond motifs is 1. The van der Waals surface area contributed by atoms with E-state index in [0.29, 0.717) is 0 Å². The van der Waals surface area contributed by atoms with Crippen molar-refractivity contribution in [1.29, 1.82) is 0 Å². The second-order valence-electron chi connectivity index (χ2n) is 5.94. The highest BCUT2D eigenvalue weighted by Crippen LogP contribution is 2.36. The van der Waals surface area contributed by atoms with Crippen molar-refractivity contribution in [2.75, 3.05) is 6.54 Å². The lowest BCUT2D eigenvalue weighted by molar-refractivity contribution is 0.322. The summed E-state index contributed by atoms with van der Waals surface area (Å²) in [7, 11) is 0. The van der Waals surface area contributed by atoms with Crippen molar-refractivity contribution in [2.24, 2.45) is 0 Å². The van der Waals surface area contributed by atoms with Crippen LogP contribution in [0, 0.1) is 0 Å². The number of nitrogens with one attached hydrogen (secondary N) is 1. The van der Waals surface area contributed by atoms with Gasteiger partial charge in [-0.2, -0.15) is 0 Å². The fourth-order valence-corrected chi connectivity index (χ4v) is 3.64. The van der Waals surface area contributed by atoms with E-state index in [0.717, 1.165) is 25.0 Å². The minimum atomic E-state index is 0.100. The summed E-state index contributed by atoms with van der Waals surface area (Å²) in [4.78, 5) is 5.00. The van der Waals surface area contributed by atoms with Gasteiger partial charge in [0.25, 0.3) is 0 Å². The van der Waals surface area contributed by atoms with Crippen molar-refractivity contribution in [2.45, 2.75) is 58.0 Å². The molecule has 1 aliphatic rings. The first-order valence-corrected chi connectivity index (χ1v) is 8.01. The Hall–Kier alpha value is -1.35. The summed E-state index contributed by atoms with van der Waals surface area (Å²) in [6.07, 6.45) is 6.00. The molecule has 1 fully saturated rings. The number of aryl methyl sites for hydroxylation is 1. The molecule has 20 heavy (non-hydrogen) atoms. The van der Waals surface area contributed by atoms with E-state index in [2.05, 4.69) is 48.0 Å². The first kappa shape index (κ1) is 13.6. The number of imidazole rings is 1. The molecule has 3 rings (SSSR count). The summed E-state index contributed by atoms with van der Waals surface area (Å²) < 4.78 is 2.45. The molecule has 3 nitrogen and oxygen atoms in total. The molecule has 0 aliphatic carbocycles. The van der Waals surface area contributed by atoms with Crippen LogP contribution in [0.25, 0.3) is 11.0 Å². The minimum Gasteiger partial charge on any atom is -0.326 e. The van der Waals surface area contributed by atoms with Gasteiger partial charge in [0, 0.05) is 6.54 Å². The summed E-state index contributed by atoms with van der Waals surface area (Å²) in [6, 6.07) is 8.55. The summed E-state index contributed by atoms with van der Waals surface area (Å²) >= 11 is 0. The number of para-hydroxylation sites is 2. The third-order valence-electron chi connectivity index (χ3n) is 4.45. The molecule has 1 aliphatic heterocycles. The van der Waals surface area contributed by atoms with E-state index in [1.54, 1.807) is 0 Å². The highest BCUT2D eigenvalue weighted by molar-refractivity contribution is 5.76. The van der Waals surface area contributed by atoms with Crippen molar-refractivity contribution in [3.63, 3.8) is 0 Å². The lowest BCUT2D eigenvalue weighted by Gasteiger charge is -2.29. The largest absolute Gasteiger partial charge is 0.326 e. The van der Waals surface area contributed by atoms with E-state index in [1.165, 1.54) is 37.0 Å². The number of hydrogen-bond donors (Lipinski definition) is 1. The Morgan fingerprint density at radius 3 is 2.80 bits per heavy atom. The molecular formula is C17H25N3. The van der Waals surface area contributed by atoms with Crippen molar-refractivity contribution in [1.82, 2.24) is 14.9 Å². The van der Waals surface area contributed by atoms with Crippen LogP contribution in [0.2, 0.25) is 0 Å². The summed E-state index contributed by atoms with van der Waals surface area (Å²) in [5.74, 6) is 1.26. The Bertz CT molecular complexity index is 579. The van der Waals surface area contributed by atoms with Crippen molar-refractivity contribution >= 4 is 11.0 Å². The predicted molar refractivity (Wildman–Crippen MR) is 83.8 cm³/mol. The van der Waals surface area contributed by atoms with Gasteiger partial charge in [0.2, 0.25) is 0 Å². The van der Waals surface area contributed by atoms with Gasteiger partial charge in [-0.15, -0.1) is 0 Å². The highest BCUT2D eigenvalue weighted by atomic mass is 15.2. The third-order valence-corrected chi connectivity index (χ3v) is 4.45. The van der Waals surface area contributed by atoms with Gasteiger partial charge in [-0.05, 0) is 44.4 Å². The number of benzene rings is 1. The fourth-order valence-electron chi connectivity index (χ4n) is 3.64. The number of rotatable bonds is 5. The first-order chi connectivity index (χ1) is 9.80. The van der Waals surface area contributed by atoms with Crippen LogP contribution in [-0.2, 0) is 12.1 Å². The first-order valence-electron chi connectivity index (χ1n) is 8.01. The zero-order chi connectivity index (χ0) is 14.0. The standard InChI is InChI=1S/C17H25N3/c1-3-10-17(11-7-12-18-17)16-19-14-8-5-6-9-15(14)20(16)13-4-2/h5-6,8-9,18H,3-4,7,10-13H2,1-2H3. The van der Waals surface area contributed by atoms with Crippen LogP contribution in [0.1, 0.15) is 51.8 Å². The highest BCUT2D eigenvalue weighted by Gasteiger charge is 2.38. The van der Waals surface area contributed by atoms with Crippen LogP contribution in [0.3, 0.4) is 0 Å². The Labute approximate surface area is 121 Å². The predicted octanol–water partition coefficient (Wildman–Crippen LogP) is 3.83. The van der Waals surface area contributed by atoms with E-state index in [-0.39, 0.29) is 5.54 Å². The molecule has 0 spiro atoms. The number of hydrogen-bond acceptors (Lipinski definition) is 2. The molecule has 108 valence electrons. The van der Waals surface area contributed by atoms with Gasteiger partial charge in [0.05, 0.1) is 16.6 Å². The van der Waals surface area contributed by atoms with Crippen molar-refractivity contribution < 1.29 is 0 Å². The molecule has 0 bridgehead atoms. The van der Waals surface area contributed by atoms with E-state index >= 15 is 0 Å². The van der Waals surface area contributed by atoms with Crippen LogP contribution in [0.15, 0.2) is 24.3 Å². The molecule has 0 radical (unpaired) electrons. The van der Waals surface area contributed by atoms with Crippen LogP contribution in [0.4, 0.5) is 0 Å². The molecule has 2 aromatic rings. The van der Waals surface area contributed by atoms with Gasteiger partial charge < -0.3 is 9.88 Å². The quantitative estimate of drug-likeness (QED) is 0.895. The maximum Gasteiger partial charge on any atom is 0.130 e. The average molecular weight is 271 g/mol. The van der Waals surface area contributed by atoms with Gasteiger partial charge in [-0.25, -0.2) is 4.98 Å². The summed E-state index contributed by atoms with van der Waals surface area (Å²) in [6.45, 7) is 6.69. The lowest BCUT2D eigenvalue weighted by atomic mass is 9.91. The number of nitrogens with zero attached hydrogens (tertiary/aromatic N) is 2. The SMILES string of the molecule is CCCn1c(C2(CCC)CCCN2)nc2ccccc21. The third kappa shape index (κ3) is 2.14. The summed E-state index contributed by atoms with van der Waals surface area (Å²) in [5, 5.41) is 3.76. The van der Waals surface area contributed by atoms with Crippen LogP contribution < -0.4 is 5.32 Å². The maximum atomic E-state index is 5.00. The average Bonchev–Trinajstić information content (AvgIpc) is 3.06. The van der Waals surface area contributed by atoms with Crippen molar-refractivity contribution in [3.05, 3.63) is 30.1 Å². The normalized spacial score (nSPS) is 22.7. The molecular weight excluding hydrogens is 246 g/mol. The van der Waals surface area contributed by atoms with Gasteiger partial charge in [-0.1, -0.05) is 32.4 Å². The van der Waals surface area contributed by atoms with Gasteiger partial charge in [0.15, 0.2) is 0 Å². The van der Waals surface area contributed by atoms with Crippen molar-refractivity contribution in [3.8, 4) is 0 Å². The van der Waals surface area contributed by atoms with E-state index in [4.69, 9.17) is 4.98 Å². The van der Waals surface area contributed by atoms with E-state index in [1.807, 2.05) is 0 Å². The number of aromatic nitrogens is 2. The van der Waals surface area contributed by atoms with Gasteiger partial charge in [-0.3, -0.25) is 0 Å². The monoisotopic (exact) mass is 271 g/mol. The van der Waals surface area contributed by atoms with Gasteiger partial charge in [0.1, 0.15) is 5.82 Å². The molecule has 3 heteroatoms. The smallest absolute Gasteiger partial charge is 0.130 e. The van der Waals surface area contributed by atoms with Crippen LogP contribution in [-0.4, -0.2) is 16.1 Å². The molecule has 0 saturated carbocycles. The lowest BCUT2D eigenvalue weighted by Crippen LogP contribution is -2.39. The Kier molecular flexibility index (Phi) is 3.79. The molecule has 1 N–H and O–H groups in total. The fraction of sp³-hybridized carbons (Fsp3) is 0.588. The van der Waals surface area contributed by atoms with E-state index in [9.17, 15) is 0 Å². The Morgan fingerprint density at radius 1 is 1.25 bits per heavy atom. The second-order valence-corrected chi connectivity index (χ2v) is 5.94. The zero-order valence-corrected chi connectivity index (χ0v) is 12.7. The molecule has 1 saturated heterocycles. The molecule has 1 aromatic heterocycles. The van der Waals surface area contributed by atoms with Crippen LogP contribution in [0.5, 0.6) is 0 Å². The molecule has 1 unspecified atom stereocenters. The zero-order valence-electron chi connectivity index (χ0n) is 12.7. The molecule has 1 atom stereocenters. The van der Waals surface area contributed by atoms with Crippen LogP contribution >= 0.6 is 0 Å². The summed E-state index contributed by atoms with van der Waals surface area (Å²) in [5.41, 5.74) is 2.52. The Morgan fingerprint density at radius 2 is 2.10 bits per heavy atom. The molecule has 0 amide bonds. The van der Waals surface area contributed by atoms with Gasteiger partial charge >= 0.3 is 0 Å². The Balaban J connectivity index is 2.15. The van der Waals surface area contributed by atoms with E-state index < -0.39 is 0 Å². The molecule has 2 heterocycles. The molecule has 1 aromatic carbocycles. The second kappa shape index (κ2) is 5.57. The minimum absolute atomic E-state index is 0.100. The maximum absolute atomic E-state index is 5.00. The topological polar surface area (TPSA) is 29.9 Å².